The van der Waals surface area contributed by atoms with Gasteiger partial charge < -0.3 is 4.74 Å². The molecule has 0 bridgehead atoms. The van der Waals surface area contributed by atoms with E-state index in [1.807, 2.05) is 12.1 Å². The van der Waals surface area contributed by atoms with Gasteiger partial charge in [-0.25, -0.2) is 0 Å². The van der Waals surface area contributed by atoms with E-state index in [9.17, 15) is 0 Å². The Labute approximate surface area is 65.4 Å². The molecule has 1 aliphatic rings. The number of benzene rings is 1. The third kappa shape index (κ3) is 0.886. The van der Waals surface area contributed by atoms with Crippen LogP contribution in [0, 0.1) is 0 Å². The summed E-state index contributed by atoms with van der Waals surface area (Å²) >= 11 is 4.23. The van der Waals surface area contributed by atoms with Crippen LogP contribution in [0.15, 0.2) is 23.1 Å². The Bertz CT molecular complexity index is 257. The molecule has 1 aliphatic heterocycles. The molecule has 1 aromatic rings. The van der Waals surface area contributed by atoms with Crippen molar-refractivity contribution < 1.29 is 4.74 Å². The quantitative estimate of drug-likeness (QED) is 0.559. The largest absolute Gasteiger partial charge is 0.493 e. The Morgan fingerprint density at radius 2 is 2.30 bits per heavy atom. The number of hydrogen-bond acceptors (Lipinski definition) is 2. The number of fused-ring (bicyclic) bond motifs is 1. The molecule has 0 saturated heterocycles. The van der Waals surface area contributed by atoms with Crippen molar-refractivity contribution in [3.05, 3.63) is 23.8 Å². The van der Waals surface area contributed by atoms with Crippen molar-refractivity contribution in [2.24, 2.45) is 0 Å². The minimum Gasteiger partial charge on any atom is -0.493 e. The van der Waals surface area contributed by atoms with Crippen LogP contribution < -0.4 is 4.74 Å². The van der Waals surface area contributed by atoms with Crippen molar-refractivity contribution in [2.45, 2.75) is 11.3 Å². The van der Waals surface area contributed by atoms with Gasteiger partial charge >= 0.3 is 0 Å². The second-order valence-corrected chi connectivity index (χ2v) is 2.91. The number of rotatable bonds is 0. The molecule has 2 heteroatoms. The van der Waals surface area contributed by atoms with E-state index < -0.39 is 0 Å². The van der Waals surface area contributed by atoms with Crippen molar-refractivity contribution >= 4 is 12.6 Å². The van der Waals surface area contributed by atoms with E-state index >= 15 is 0 Å². The molecule has 2 rings (SSSR count). The smallest absolute Gasteiger partial charge is 0.122 e. The maximum absolute atomic E-state index is 5.32. The average molecular weight is 152 g/mol. The SMILES string of the molecule is Sc1ccc2c(c1)CCO2. The predicted octanol–water partition coefficient (Wildman–Crippen LogP) is 1.91. The first kappa shape index (κ1) is 6.10. The summed E-state index contributed by atoms with van der Waals surface area (Å²) in [7, 11) is 0. The molecule has 0 N–H and O–H groups in total. The van der Waals surface area contributed by atoms with Gasteiger partial charge in [-0.3, -0.25) is 0 Å². The highest BCUT2D eigenvalue weighted by atomic mass is 32.1. The van der Waals surface area contributed by atoms with Crippen molar-refractivity contribution in [3.63, 3.8) is 0 Å². The van der Waals surface area contributed by atoms with Gasteiger partial charge in [0.1, 0.15) is 5.75 Å². The van der Waals surface area contributed by atoms with Crippen LogP contribution in [-0.4, -0.2) is 6.61 Å². The molecular weight excluding hydrogens is 144 g/mol. The Hall–Kier alpha value is -0.630. The average Bonchev–Trinajstić information content (AvgIpc) is 2.33. The van der Waals surface area contributed by atoms with Crippen molar-refractivity contribution in [2.75, 3.05) is 6.61 Å². The van der Waals surface area contributed by atoms with Gasteiger partial charge in [0.05, 0.1) is 6.61 Å². The Kier molecular flexibility index (Phi) is 1.34. The summed E-state index contributed by atoms with van der Waals surface area (Å²) in [5, 5.41) is 0. The molecule has 0 fully saturated rings. The third-order valence-electron chi connectivity index (χ3n) is 1.67. The molecule has 0 unspecified atom stereocenters. The predicted molar refractivity (Wildman–Crippen MR) is 42.9 cm³/mol. The summed E-state index contributed by atoms with van der Waals surface area (Å²) in [6.07, 6.45) is 1.03. The van der Waals surface area contributed by atoms with Crippen LogP contribution in [0.4, 0.5) is 0 Å². The normalized spacial score (nSPS) is 14.5. The summed E-state index contributed by atoms with van der Waals surface area (Å²) in [5.41, 5.74) is 1.28. The van der Waals surface area contributed by atoms with Crippen molar-refractivity contribution in [3.8, 4) is 5.75 Å². The van der Waals surface area contributed by atoms with E-state index in [-0.39, 0.29) is 0 Å². The summed E-state index contributed by atoms with van der Waals surface area (Å²) in [5.74, 6) is 1.03. The zero-order valence-corrected chi connectivity index (χ0v) is 6.40. The van der Waals surface area contributed by atoms with Crippen LogP contribution in [0.1, 0.15) is 5.56 Å². The molecular formula is C8H8OS. The van der Waals surface area contributed by atoms with E-state index in [4.69, 9.17) is 4.74 Å². The molecule has 1 heterocycles. The second kappa shape index (κ2) is 2.20. The van der Waals surface area contributed by atoms with Gasteiger partial charge in [-0.2, -0.15) is 0 Å². The van der Waals surface area contributed by atoms with Crippen LogP contribution in [0.2, 0.25) is 0 Å². The maximum atomic E-state index is 5.32. The molecule has 10 heavy (non-hydrogen) atoms. The first-order valence-electron chi connectivity index (χ1n) is 3.31. The first-order valence-corrected chi connectivity index (χ1v) is 3.76. The summed E-state index contributed by atoms with van der Waals surface area (Å²) in [6.45, 7) is 0.826. The zero-order chi connectivity index (χ0) is 6.97. The van der Waals surface area contributed by atoms with Crippen LogP contribution in [0.5, 0.6) is 5.75 Å². The summed E-state index contributed by atoms with van der Waals surface area (Å²) in [4.78, 5) is 1.02. The first-order chi connectivity index (χ1) is 4.86. The fourth-order valence-electron chi connectivity index (χ4n) is 1.17. The third-order valence-corrected chi connectivity index (χ3v) is 1.95. The van der Waals surface area contributed by atoms with E-state index in [1.165, 1.54) is 5.56 Å². The minimum absolute atomic E-state index is 0.826. The lowest BCUT2D eigenvalue weighted by molar-refractivity contribution is 0.357. The van der Waals surface area contributed by atoms with Gasteiger partial charge in [0.25, 0.3) is 0 Å². The molecule has 0 amide bonds. The minimum atomic E-state index is 0.826. The van der Waals surface area contributed by atoms with E-state index in [2.05, 4.69) is 18.7 Å². The standard InChI is InChI=1S/C8H8OS/c10-7-1-2-8-6(5-7)3-4-9-8/h1-2,5,10H,3-4H2. The number of hydrogen-bond donors (Lipinski definition) is 1. The summed E-state index contributed by atoms with van der Waals surface area (Å²) in [6, 6.07) is 5.99. The number of thiol groups is 1. The van der Waals surface area contributed by atoms with Crippen LogP contribution in [0.3, 0.4) is 0 Å². The van der Waals surface area contributed by atoms with E-state index in [0.29, 0.717) is 0 Å². The Morgan fingerprint density at radius 1 is 1.40 bits per heavy atom. The van der Waals surface area contributed by atoms with Gasteiger partial charge in [0.15, 0.2) is 0 Å². The van der Waals surface area contributed by atoms with Crippen LogP contribution >= 0.6 is 12.6 Å². The Morgan fingerprint density at radius 3 is 3.20 bits per heavy atom. The van der Waals surface area contributed by atoms with Crippen LogP contribution in [-0.2, 0) is 6.42 Å². The van der Waals surface area contributed by atoms with Gasteiger partial charge in [0.2, 0.25) is 0 Å². The van der Waals surface area contributed by atoms with Gasteiger partial charge in [-0.1, -0.05) is 0 Å². The van der Waals surface area contributed by atoms with Crippen molar-refractivity contribution in [1.82, 2.24) is 0 Å². The fourth-order valence-corrected chi connectivity index (χ4v) is 1.40. The van der Waals surface area contributed by atoms with Crippen LogP contribution in [0.25, 0.3) is 0 Å². The second-order valence-electron chi connectivity index (χ2n) is 2.39. The maximum Gasteiger partial charge on any atom is 0.122 e. The highest BCUT2D eigenvalue weighted by molar-refractivity contribution is 7.80. The Balaban J connectivity index is 2.52. The van der Waals surface area contributed by atoms with Gasteiger partial charge in [-0.05, 0) is 23.8 Å². The molecule has 0 atom stereocenters. The lowest BCUT2D eigenvalue weighted by Gasteiger charge is -1.97. The molecule has 0 aliphatic carbocycles. The topological polar surface area (TPSA) is 9.23 Å². The number of ether oxygens (including phenoxy) is 1. The lowest BCUT2D eigenvalue weighted by Crippen LogP contribution is -1.85. The molecule has 1 aromatic carbocycles. The lowest BCUT2D eigenvalue weighted by atomic mass is 10.2. The zero-order valence-electron chi connectivity index (χ0n) is 5.50. The van der Waals surface area contributed by atoms with E-state index in [1.54, 1.807) is 0 Å². The van der Waals surface area contributed by atoms with Gasteiger partial charge in [0, 0.05) is 11.3 Å². The monoisotopic (exact) mass is 152 g/mol. The highest BCUT2D eigenvalue weighted by Gasteiger charge is 2.10. The molecule has 0 aromatic heterocycles. The molecule has 0 radical (unpaired) electrons. The highest BCUT2D eigenvalue weighted by Crippen LogP contribution is 2.26. The van der Waals surface area contributed by atoms with Gasteiger partial charge in [-0.15, -0.1) is 12.6 Å². The fraction of sp³-hybridized carbons (Fsp3) is 0.250. The molecule has 0 saturated carbocycles. The van der Waals surface area contributed by atoms with Crippen molar-refractivity contribution in [1.29, 1.82) is 0 Å². The molecule has 52 valence electrons. The molecule has 1 nitrogen and oxygen atoms in total. The summed E-state index contributed by atoms with van der Waals surface area (Å²) < 4.78 is 5.32. The van der Waals surface area contributed by atoms with E-state index in [0.717, 1.165) is 23.7 Å². The molecule has 0 spiro atoms.